The van der Waals surface area contributed by atoms with Crippen molar-refractivity contribution >= 4 is 13.7 Å². The van der Waals surface area contributed by atoms with Gasteiger partial charge in [0.05, 0.1) is 31.3 Å². The van der Waals surface area contributed by atoms with E-state index in [0.29, 0.717) is 19.3 Å². The molecule has 1 saturated carbocycles. The maximum atomic E-state index is 12.9. The van der Waals surface area contributed by atoms with E-state index in [1.165, 1.54) is 89.5 Å². The number of carbonyl (C=O) groups is 1. The van der Waals surface area contributed by atoms with Crippen LogP contribution in [0.3, 0.4) is 0 Å². The van der Waals surface area contributed by atoms with E-state index in [4.69, 9.17) is 9.05 Å². The van der Waals surface area contributed by atoms with Gasteiger partial charge in [-0.2, -0.15) is 0 Å². The zero-order chi connectivity index (χ0) is 41.6. The van der Waals surface area contributed by atoms with Crippen LogP contribution in [0.2, 0.25) is 0 Å². The molecule has 0 bridgehead atoms. The smallest absolute Gasteiger partial charge is 0.393 e. The molecule has 56 heavy (non-hydrogen) atoms. The van der Waals surface area contributed by atoms with E-state index < -0.39 is 75.2 Å². The van der Waals surface area contributed by atoms with Crippen LogP contribution in [0.25, 0.3) is 0 Å². The van der Waals surface area contributed by atoms with Gasteiger partial charge in [0.2, 0.25) is 5.91 Å². The first-order valence-electron chi connectivity index (χ1n) is 21.9. The summed E-state index contributed by atoms with van der Waals surface area (Å²) in [5, 5.41) is 74.1. The van der Waals surface area contributed by atoms with Crippen LogP contribution in [0.15, 0.2) is 24.3 Å². The van der Waals surface area contributed by atoms with Crippen LogP contribution in [0, 0.1) is 0 Å². The van der Waals surface area contributed by atoms with Gasteiger partial charge in [-0.25, -0.2) is 4.57 Å². The Labute approximate surface area is 337 Å². The van der Waals surface area contributed by atoms with Crippen LogP contribution < -0.4 is 5.32 Å². The molecule has 9 N–H and O–H groups in total. The van der Waals surface area contributed by atoms with Gasteiger partial charge in [0.1, 0.15) is 36.6 Å². The molecule has 0 heterocycles. The molecule has 0 saturated heterocycles. The fourth-order valence-electron chi connectivity index (χ4n) is 6.87. The topological polar surface area (TPSA) is 226 Å². The standard InChI is InChI=1S/C42H80NO12P/c1-3-5-7-9-11-13-14-15-16-17-18-19-20-21-22-24-26-28-30-35(45)34(43-36(46)31-33(44)29-27-25-23-12-10-8-6-4-2)32-54-56(52,53)55-42-40(50)38(48)37(47)39(49)41(42)51/h10,12,28,30,33-35,37-42,44-45,47-51H,3-9,11,13-27,29,31-32H2,1-2H3,(H,43,46)(H,52,53)/b12-10-,30-28+. The number of aliphatic hydroxyl groups excluding tert-OH is 7. The summed E-state index contributed by atoms with van der Waals surface area (Å²) in [6.45, 7) is 3.65. The summed E-state index contributed by atoms with van der Waals surface area (Å²) in [6, 6.07) is -1.24. The molecule has 0 aromatic heterocycles. The molecule has 8 atom stereocenters. The Bertz CT molecular complexity index is 1060. The van der Waals surface area contributed by atoms with Gasteiger partial charge in [0.25, 0.3) is 0 Å². The highest BCUT2D eigenvalue weighted by Gasteiger charge is 2.51. The molecule has 0 aromatic carbocycles. The highest BCUT2D eigenvalue weighted by Crippen LogP contribution is 2.47. The summed E-state index contributed by atoms with van der Waals surface area (Å²) in [5.74, 6) is -0.608. The van der Waals surface area contributed by atoms with E-state index in [0.717, 1.165) is 51.4 Å². The van der Waals surface area contributed by atoms with Crippen molar-refractivity contribution in [1.29, 1.82) is 0 Å². The highest BCUT2D eigenvalue weighted by atomic mass is 31.2. The maximum Gasteiger partial charge on any atom is 0.472 e. The molecular formula is C42H80NO12P. The maximum absolute atomic E-state index is 12.9. The number of nitrogens with one attached hydrogen (secondary N) is 1. The van der Waals surface area contributed by atoms with Gasteiger partial charge in [-0.1, -0.05) is 154 Å². The van der Waals surface area contributed by atoms with Gasteiger partial charge in [-0.15, -0.1) is 0 Å². The minimum Gasteiger partial charge on any atom is -0.393 e. The van der Waals surface area contributed by atoms with E-state index in [2.05, 4.69) is 31.3 Å². The Morgan fingerprint density at radius 3 is 1.57 bits per heavy atom. The van der Waals surface area contributed by atoms with Gasteiger partial charge in [-0.3, -0.25) is 13.8 Å². The highest BCUT2D eigenvalue weighted by molar-refractivity contribution is 7.47. The molecule has 14 heteroatoms. The van der Waals surface area contributed by atoms with Crippen LogP contribution >= 0.6 is 7.82 Å². The van der Waals surface area contributed by atoms with Crippen LogP contribution in [-0.4, -0.2) is 108 Å². The molecule has 8 unspecified atom stereocenters. The molecule has 0 spiro atoms. The second kappa shape index (κ2) is 32.6. The lowest BCUT2D eigenvalue weighted by atomic mass is 9.85. The van der Waals surface area contributed by atoms with Crippen molar-refractivity contribution in [3.63, 3.8) is 0 Å². The van der Waals surface area contributed by atoms with Crippen molar-refractivity contribution < 1.29 is 59.0 Å². The summed E-state index contributed by atoms with van der Waals surface area (Å²) in [6.07, 6.45) is 20.1. The third kappa shape index (κ3) is 24.6. The number of hydrogen-bond donors (Lipinski definition) is 9. The lowest BCUT2D eigenvalue weighted by Gasteiger charge is -2.41. The second-order valence-electron chi connectivity index (χ2n) is 15.7. The number of rotatable bonds is 35. The minimum absolute atomic E-state index is 0.260. The Balaban J connectivity index is 2.57. The van der Waals surface area contributed by atoms with Crippen LogP contribution in [0.1, 0.15) is 174 Å². The van der Waals surface area contributed by atoms with Crippen molar-refractivity contribution in [2.24, 2.45) is 0 Å². The van der Waals surface area contributed by atoms with Crippen LogP contribution in [0.4, 0.5) is 0 Å². The molecule has 0 aliphatic heterocycles. The van der Waals surface area contributed by atoms with Crippen molar-refractivity contribution in [3.05, 3.63) is 24.3 Å². The normalized spacial score (nSPS) is 24.4. The number of phosphoric acid groups is 1. The summed E-state index contributed by atoms with van der Waals surface area (Å²) in [4.78, 5) is 23.3. The number of carbonyl (C=O) groups excluding carboxylic acids is 1. The van der Waals surface area contributed by atoms with E-state index >= 15 is 0 Å². The monoisotopic (exact) mass is 822 g/mol. The van der Waals surface area contributed by atoms with Crippen molar-refractivity contribution in [2.75, 3.05) is 6.61 Å². The van der Waals surface area contributed by atoms with Crippen molar-refractivity contribution in [1.82, 2.24) is 5.32 Å². The predicted molar refractivity (Wildman–Crippen MR) is 220 cm³/mol. The fraction of sp³-hybridized carbons (Fsp3) is 0.881. The molecule has 1 rings (SSSR count). The molecular weight excluding hydrogens is 741 g/mol. The van der Waals surface area contributed by atoms with Gasteiger partial charge >= 0.3 is 7.82 Å². The number of aliphatic hydroxyl groups is 7. The van der Waals surface area contributed by atoms with Crippen molar-refractivity contribution in [2.45, 2.75) is 229 Å². The van der Waals surface area contributed by atoms with E-state index in [1.54, 1.807) is 6.08 Å². The second-order valence-corrected chi connectivity index (χ2v) is 17.1. The number of allylic oxidation sites excluding steroid dienone is 3. The predicted octanol–water partition coefficient (Wildman–Crippen LogP) is 6.42. The van der Waals surface area contributed by atoms with Crippen LogP contribution in [0.5, 0.6) is 0 Å². The Kier molecular flexibility index (Phi) is 30.7. The average molecular weight is 822 g/mol. The first kappa shape index (κ1) is 52.8. The number of phosphoric ester groups is 1. The first-order chi connectivity index (χ1) is 26.8. The lowest BCUT2D eigenvalue weighted by molar-refractivity contribution is -0.220. The van der Waals surface area contributed by atoms with Gasteiger partial charge < -0.3 is 46.0 Å². The Morgan fingerprint density at radius 1 is 0.625 bits per heavy atom. The Morgan fingerprint density at radius 2 is 1.05 bits per heavy atom. The quantitative estimate of drug-likeness (QED) is 0.0192. The number of hydrogen-bond acceptors (Lipinski definition) is 11. The molecule has 0 radical (unpaired) electrons. The zero-order valence-corrected chi connectivity index (χ0v) is 35.4. The fourth-order valence-corrected chi connectivity index (χ4v) is 7.83. The Hall–Kier alpha value is -1.22. The molecule has 0 aromatic rings. The van der Waals surface area contributed by atoms with E-state index in [-0.39, 0.29) is 6.42 Å². The SMILES string of the molecule is CCCC/C=C\CCCCC(O)CC(=O)NC(COP(=O)(O)OC1C(O)C(O)C(O)C(O)C1O)C(O)/C=C/CCCCCCCCCCCCCCCCCC. The summed E-state index contributed by atoms with van der Waals surface area (Å²) < 4.78 is 22.8. The largest absolute Gasteiger partial charge is 0.472 e. The summed E-state index contributed by atoms with van der Waals surface area (Å²) in [5.41, 5.74) is 0. The first-order valence-corrected chi connectivity index (χ1v) is 23.4. The third-order valence-corrected chi connectivity index (χ3v) is 11.5. The van der Waals surface area contributed by atoms with Gasteiger partial charge in [-0.05, 0) is 38.5 Å². The molecule has 1 aliphatic carbocycles. The molecule has 330 valence electrons. The number of unbranched alkanes of at least 4 members (excludes halogenated alkanes) is 20. The van der Waals surface area contributed by atoms with E-state index in [9.17, 15) is 50.0 Å². The molecule has 1 amide bonds. The average Bonchev–Trinajstić information content (AvgIpc) is 3.17. The van der Waals surface area contributed by atoms with Crippen LogP contribution in [-0.2, 0) is 18.4 Å². The molecule has 1 fully saturated rings. The molecule has 1 aliphatic rings. The summed E-state index contributed by atoms with van der Waals surface area (Å²) >= 11 is 0. The van der Waals surface area contributed by atoms with Gasteiger partial charge in [0.15, 0.2) is 0 Å². The minimum atomic E-state index is -5.14. The summed E-state index contributed by atoms with van der Waals surface area (Å²) in [7, 11) is -5.14. The lowest BCUT2D eigenvalue weighted by Crippen LogP contribution is -2.64. The molecule has 13 nitrogen and oxygen atoms in total. The zero-order valence-electron chi connectivity index (χ0n) is 34.5. The van der Waals surface area contributed by atoms with Crippen molar-refractivity contribution in [3.8, 4) is 0 Å². The number of amides is 1. The third-order valence-electron chi connectivity index (χ3n) is 10.5. The van der Waals surface area contributed by atoms with E-state index in [1.807, 2.05) is 0 Å². The van der Waals surface area contributed by atoms with Gasteiger partial charge in [0, 0.05) is 0 Å².